The molecule has 2 atom stereocenters. The van der Waals surface area contributed by atoms with Gasteiger partial charge in [-0.2, -0.15) is 15.3 Å². The zero-order valence-corrected chi connectivity index (χ0v) is 21.0. The number of nitrogens with zero attached hydrogens (tertiary/aromatic N) is 5. The number of halogens is 1. The molecule has 3 aromatic rings. The number of rotatable bonds is 4. The quantitative estimate of drug-likeness (QED) is 0.532. The minimum absolute atomic E-state index is 0.0916. The van der Waals surface area contributed by atoms with Gasteiger partial charge in [0.2, 0.25) is 5.95 Å². The SMILES string of the molecule is CC(C)(C[C@@H]1c2ccccc2CC12CCN(c1nc(C#N)c3c(Br)[nH]nc3n1)CC2)S(N)=O. The molecule has 10 heteroatoms. The van der Waals surface area contributed by atoms with Crippen molar-refractivity contribution in [1.29, 1.82) is 5.26 Å². The van der Waals surface area contributed by atoms with Gasteiger partial charge in [-0.15, -0.1) is 0 Å². The summed E-state index contributed by atoms with van der Waals surface area (Å²) >= 11 is 3.38. The van der Waals surface area contributed by atoms with E-state index in [1.54, 1.807) is 0 Å². The molecule has 0 amide bonds. The summed E-state index contributed by atoms with van der Waals surface area (Å²) in [6, 6.07) is 10.8. The van der Waals surface area contributed by atoms with E-state index in [0.29, 0.717) is 33.2 Å². The molecule has 1 spiro atoms. The van der Waals surface area contributed by atoms with Crippen LogP contribution in [0.3, 0.4) is 0 Å². The summed E-state index contributed by atoms with van der Waals surface area (Å²) in [5.41, 5.74) is 3.65. The number of H-pyrrole nitrogens is 1. The van der Waals surface area contributed by atoms with Gasteiger partial charge in [0.15, 0.2) is 11.3 Å². The van der Waals surface area contributed by atoms with Gasteiger partial charge in [-0.05, 0) is 77.9 Å². The highest BCUT2D eigenvalue weighted by atomic mass is 79.9. The average molecular weight is 528 g/mol. The molecular weight excluding hydrogens is 502 g/mol. The monoisotopic (exact) mass is 527 g/mol. The number of nitrogens with one attached hydrogen (secondary N) is 1. The molecule has 0 radical (unpaired) electrons. The number of nitrogens with two attached hydrogens (primary N) is 1. The first-order valence-corrected chi connectivity index (χ1v) is 13.1. The number of benzene rings is 1. The van der Waals surface area contributed by atoms with Gasteiger partial charge in [-0.25, -0.2) is 9.19 Å². The molecule has 2 aliphatic rings. The third-order valence-corrected chi connectivity index (χ3v) is 9.29. The van der Waals surface area contributed by atoms with Gasteiger partial charge in [0.25, 0.3) is 0 Å². The van der Waals surface area contributed by atoms with E-state index < -0.39 is 15.7 Å². The Morgan fingerprint density at radius 2 is 2.06 bits per heavy atom. The minimum atomic E-state index is -1.40. The van der Waals surface area contributed by atoms with Crippen LogP contribution in [0.25, 0.3) is 11.0 Å². The molecular formula is C23H26BrN7OS. The van der Waals surface area contributed by atoms with Crippen LogP contribution in [0.2, 0.25) is 0 Å². The van der Waals surface area contributed by atoms with E-state index in [-0.39, 0.29) is 5.41 Å². The van der Waals surface area contributed by atoms with Crippen LogP contribution in [0.1, 0.15) is 55.8 Å². The van der Waals surface area contributed by atoms with Crippen LogP contribution >= 0.6 is 15.9 Å². The van der Waals surface area contributed by atoms with Crippen LogP contribution in [0.5, 0.6) is 0 Å². The van der Waals surface area contributed by atoms with Crippen molar-refractivity contribution in [3.8, 4) is 6.07 Å². The fourth-order valence-electron chi connectivity index (χ4n) is 5.55. The van der Waals surface area contributed by atoms with Crippen LogP contribution in [0.15, 0.2) is 28.9 Å². The molecule has 33 heavy (non-hydrogen) atoms. The highest BCUT2D eigenvalue weighted by Gasteiger charge is 2.49. The van der Waals surface area contributed by atoms with Crippen LogP contribution in [0.4, 0.5) is 5.95 Å². The Bertz CT molecular complexity index is 1290. The van der Waals surface area contributed by atoms with E-state index in [0.717, 1.165) is 38.8 Å². The maximum atomic E-state index is 12.3. The molecule has 1 fully saturated rings. The first-order chi connectivity index (χ1) is 15.7. The number of hydrogen-bond donors (Lipinski definition) is 2. The molecule has 1 aliphatic heterocycles. The van der Waals surface area contributed by atoms with Crippen molar-refractivity contribution in [3.05, 3.63) is 45.7 Å². The number of piperidine rings is 1. The van der Waals surface area contributed by atoms with Crippen LogP contribution in [-0.2, 0) is 17.4 Å². The van der Waals surface area contributed by atoms with E-state index in [2.05, 4.69) is 71.3 Å². The van der Waals surface area contributed by atoms with Gasteiger partial charge in [0.1, 0.15) is 10.7 Å². The lowest BCUT2D eigenvalue weighted by molar-refractivity contribution is 0.170. The van der Waals surface area contributed by atoms with Crippen LogP contribution in [-0.4, -0.2) is 42.2 Å². The lowest BCUT2D eigenvalue weighted by Gasteiger charge is -2.45. The van der Waals surface area contributed by atoms with Gasteiger partial charge in [-0.1, -0.05) is 24.3 Å². The van der Waals surface area contributed by atoms with Gasteiger partial charge < -0.3 is 4.90 Å². The van der Waals surface area contributed by atoms with Crippen LogP contribution in [0, 0.1) is 16.7 Å². The third kappa shape index (κ3) is 3.76. The van der Waals surface area contributed by atoms with Crippen molar-refractivity contribution >= 4 is 43.9 Å². The summed E-state index contributed by atoms with van der Waals surface area (Å²) in [6.45, 7) is 5.58. The van der Waals surface area contributed by atoms with E-state index >= 15 is 0 Å². The van der Waals surface area contributed by atoms with Crippen molar-refractivity contribution in [3.63, 3.8) is 0 Å². The maximum absolute atomic E-state index is 12.3. The molecule has 1 aromatic carbocycles. The second kappa shape index (κ2) is 8.15. The van der Waals surface area contributed by atoms with Crippen molar-refractivity contribution in [2.45, 2.75) is 50.2 Å². The fraction of sp³-hybridized carbons (Fsp3) is 0.478. The molecule has 1 aliphatic carbocycles. The lowest BCUT2D eigenvalue weighted by Crippen LogP contribution is -2.45. The van der Waals surface area contributed by atoms with Gasteiger partial charge in [0.05, 0.1) is 21.1 Å². The number of nitriles is 1. The highest BCUT2D eigenvalue weighted by Crippen LogP contribution is 2.56. The van der Waals surface area contributed by atoms with E-state index in [1.165, 1.54) is 11.1 Å². The molecule has 8 nitrogen and oxygen atoms in total. The van der Waals surface area contributed by atoms with Gasteiger partial charge in [0, 0.05) is 13.1 Å². The number of fused-ring (bicyclic) bond motifs is 2. The Morgan fingerprint density at radius 3 is 2.76 bits per heavy atom. The molecule has 2 aromatic heterocycles. The number of aromatic amines is 1. The molecule has 1 saturated heterocycles. The Hall–Kier alpha value is -2.35. The predicted octanol–water partition coefficient (Wildman–Crippen LogP) is 3.70. The summed E-state index contributed by atoms with van der Waals surface area (Å²) in [6.07, 6.45) is 3.74. The van der Waals surface area contributed by atoms with Crippen molar-refractivity contribution in [2.75, 3.05) is 18.0 Å². The number of anilines is 1. The predicted molar refractivity (Wildman–Crippen MR) is 132 cm³/mol. The Balaban J connectivity index is 1.44. The first kappa shape index (κ1) is 22.4. The zero-order valence-electron chi connectivity index (χ0n) is 18.6. The smallest absolute Gasteiger partial charge is 0.228 e. The maximum Gasteiger partial charge on any atom is 0.228 e. The normalized spacial score (nSPS) is 20.7. The van der Waals surface area contributed by atoms with Crippen LogP contribution < -0.4 is 10.0 Å². The number of hydrogen-bond acceptors (Lipinski definition) is 6. The Kier molecular flexibility index (Phi) is 5.54. The highest BCUT2D eigenvalue weighted by molar-refractivity contribution is 9.10. The molecule has 3 N–H and O–H groups in total. The van der Waals surface area contributed by atoms with Gasteiger partial charge >= 0.3 is 0 Å². The Labute approximate surface area is 203 Å². The van der Waals surface area contributed by atoms with E-state index in [4.69, 9.17) is 5.14 Å². The van der Waals surface area contributed by atoms with E-state index in [9.17, 15) is 9.47 Å². The van der Waals surface area contributed by atoms with Crippen molar-refractivity contribution in [1.82, 2.24) is 20.2 Å². The molecule has 5 rings (SSSR count). The molecule has 172 valence electrons. The number of aromatic nitrogens is 4. The second-order valence-corrected chi connectivity index (χ2v) is 12.3. The van der Waals surface area contributed by atoms with E-state index in [1.807, 2.05) is 13.8 Å². The molecule has 0 saturated carbocycles. The lowest BCUT2D eigenvalue weighted by atomic mass is 9.67. The van der Waals surface area contributed by atoms with Gasteiger partial charge in [-0.3, -0.25) is 10.2 Å². The standard InChI is InChI=1S/C23H26BrN7OS/c1-22(2,33(26)32)12-16-15-6-4-3-5-14(15)11-23(16)7-9-31(10-8-23)21-27-17(13-25)18-19(24)29-30-20(18)28-21/h3-6,16H,7-12,26H2,1-2H3,(H,27,28,29,30)/t16-,33?/m1/s1. The minimum Gasteiger partial charge on any atom is -0.341 e. The molecule has 1 unspecified atom stereocenters. The Morgan fingerprint density at radius 1 is 1.33 bits per heavy atom. The molecule has 3 heterocycles. The second-order valence-electron chi connectivity index (χ2n) is 9.76. The topological polar surface area (TPSA) is 125 Å². The summed E-state index contributed by atoms with van der Waals surface area (Å²) in [5, 5.41) is 23.1. The van der Waals surface area contributed by atoms with Crippen molar-refractivity contribution in [2.24, 2.45) is 10.6 Å². The third-order valence-electron chi connectivity index (χ3n) is 7.46. The van der Waals surface area contributed by atoms with Crippen molar-refractivity contribution < 1.29 is 4.21 Å². The fourth-order valence-corrected chi connectivity index (χ4v) is 6.33. The summed E-state index contributed by atoms with van der Waals surface area (Å²) < 4.78 is 12.4. The zero-order chi connectivity index (χ0) is 23.4. The summed E-state index contributed by atoms with van der Waals surface area (Å²) in [5.74, 6) is 0.849. The average Bonchev–Trinajstić information content (AvgIpc) is 3.31. The largest absolute Gasteiger partial charge is 0.341 e. The summed E-state index contributed by atoms with van der Waals surface area (Å²) in [7, 11) is -1.40. The first-order valence-electron chi connectivity index (χ1n) is 11.0. The molecule has 0 bridgehead atoms. The summed E-state index contributed by atoms with van der Waals surface area (Å²) in [4.78, 5) is 11.3.